The van der Waals surface area contributed by atoms with Gasteiger partial charge in [0.1, 0.15) is 16.7 Å². The molecule has 2 unspecified atom stereocenters. The molecule has 2 atom stereocenters. The maximum absolute atomic E-state index is 13.5. The molecule has 8 nitrogen and oxygen atoms in total. The molecule has 0 aliphatic carbocycles. The van der Waals surface area contributed by atoms with Crippen molar-refractivity contribution in [3.05, 3.63) is 71.2 Å². The molecule has 0 saturated carbocycles. The number of nitrogens with two attached hydrogens (primary N) is 1. The summed E-state index contributed by atoms with van der Waals surface area (Å²) >= 11 is 1.22. The van der Waals surface area contributed by atoms with Crippen LogP contribution in [-0.2, 0) is 12.0 Å². The van der Waals surface area contributed by atoms with Crippen LogP contribution in [-0.4, -0.2) is 32.9 Å². The van der Waals surface area contributed by atoms with Crippen LogP contribution < -0.4 is 20.7 Å². The van der Waals surface area contributed by atoms with E-state index in [9.17, 15) is 4.79 Å². The average Bonchev–Trinajstić information content (AvgIpc) is 3.22. The first-order chi connectivity index (χ1) is 18.5. The number of nitrogens with one attached hydrogen (secondary N) is 2. The summed E-state index contributed by atoms with van der Waals surface area (Å²) in [6.07, 6.45) is 4.79. The number of nitrogens with zero attached hydrogens (tertiary/aromatic N) is 4. The number of anilines is 2. The van der Waals surface area contributed by atoms with Gasteiger partial charge in [-0.15, -0.1) is 0 Å². The van der Waals surface area contributed by atoms with Crippen LogP contribution in [0.15, 0.2) is 53.7 Å². The zero-order valence-electron chi connectivity index (χ0n) is 23.5. The van der Waals surface area contributed by atoms with Gasteiger partial charge in [-0.3, -0.25) is 14.5 Å². The van der Waals surface area contributed by atoms with E-state index >= 15 is 0 Å². The highest BCUT2D eigenvalue weighted by Gasteiger charge is 2.41. The zero-order valence-corrected chi connectivity index (χ0v) is 24.3. The van der Waals surface area contributed by atoms with E-state index in [1.54, 1.807) is 0 Å². The van der Waals surface area contributed by atoms with Gasteiger partial charge in [0.05, 0.1) is 17.3 Å². The van der Waals surface area contributed by atoms with Crippen molar-refractivity contribution in [1.82, 2.24) is 19.7 Å². The van der Waals surface area contributed by atoms with Crippen molar-refractivity contribution in [2.45, 2.75) is 82.4 Å². The van der Waals surface area contributed by atoms with E-state index in [2.05, 4.69) is 55.6 Å². The van der Waals surface area contributed by atoms with Gasteiger partial charge in [-0.25, -0.2) is 9.97 Å². The van der Waals surface area contributed by atoms with Crippen LogP contribution in [0.1, 0.15) is 87.2 Å². The van der Waals surface area contributed by atoms with Gasteiger partial charge in [-0.05, 0) is 74.9 Å². The average molecular weight is 546 g/mol. The van der Waals surface area contributed by atoms with Crippen molar-refractivity contribution in [3.8, 4) is 0 Å². The molecule has 5 rings (SSSR count). The van der Waals surface area contributed by atoms with E-state index < -0.39 is 0 Å². The molecular formula is C30H39N7OS. The number of pyridine rings is 3. The summed E-state index contributed by atoms with van der Waals surface area (Å²) in [5, 5.41) is 4.32. The molecular weight excluding hydrogens is 506 g/mol. The number of amides is 1. The summed E-state index contributed by atoms with van der Waals surface area (Å²) in [6.45, 7) is 12.3. The van der Waals surface area contributed by atoms with E-state index in [4.69, 9.17) is 20.7 Å². The van der Waals surface area contributed by atoms with Crippen molar-refractivity contribution < 1.29 is 4.79 Å². The Bertz CT molecular complexity index is 1340. The van der Waals surface area contributed by atoms with Crippen LogP contribution in [0.3, 0.4) is 0 Å². The summed E-state index contributed by atoms with van der Waals surface area (Å²) < 4.78 is 3.01. The van der Waals surface area contributed by atoms with Gasteiger partial charge in [-0.1, -0.05) is 32.9 Å². The topological polar surface area (TPSA) is 109 Å². The van der Waals surface area contributed by atoms with Crippen LogP contribution in [0.25, 0.3) is 0 Å². The third kappa shape index (κ3) is 6.04. The molecule has 5 heterocycles. The Hall–Kier alpha value is -3.17. The SMILES string of the molecule is CC(C)(C)c1ccc2c(n1)N1CC(CCC(c3ccc(CN)cn3)Nc3cccc(n3)SNC2=O)CC1(C)C. The number of fused-ring (bicyclic) bond motifs is 6. The number of hydrogen-bond donors (Lipinski definition) is 3. The summed E-state index contributed by atoms with van der Waals surface area (Å²) in [6, 6.07) is 13.8. The Kier molecular flexibility index (Phi) is 7.57. The number of aromatic nitrogens is 3. The second-order valence-corrected chi connectivity index (χ2v) is 13.1. The molecule has 0 aromatic carbocycles. The van der Waals surface area contributed by atoms with Gasteiger partial charge < -0.3 is 16.0 Å². The Morgan fingerprint density at radius 3 is 2.64 bits per heavy atom. The van der Waals surface area contributed by atoms with Crippen molar-refractivity contribution >= 4 is 29.5 Å². The maximum atomic E-state index is 13.5. The van der Waals surface area contributed by atoms with Crippen LogP contribution in [0.4, 0.5) is 11.6 Å². The molecule has 9 heteroatoms. The van der Waals surface area contributed by atoms with E-state index in [0.717, 1.165) is 54.4 Å². The van der Waals surface area contributed by atoms with E-state index in [1.165, 1.54) is 11.9 Å². The lowest BCUT2D eigenvalue weighted by atomic mass is 9.90. The number of hydrogen-bond acceptors (Lipinski definition) is 8. The van der Waals surface area contributed by atoms with Gasteiger partial charge in [0.15, 0.2) is 0 Å². The standard InChI is InChI=1S/C30H39N7OS/c1-29(2,3)24-14-11-21-27(34-24)37-18-19(15-30(37,4)5)9-13-23(22-12-10-20(16-31)17-32-22)33-25-7-6-8-26(35-25)39-36-28(21)38/h6-8,10-12,14,17,19,23H,9,13,15-16,18,31H2,1-5H3,(H,33,35)(H,36,38). The monoisotopic (exact) mass is 545 g/mol. The third-order valence-electron chi connectivity index (χ3n) is 7.70. The van der Waals surface area contributed by atoms with Gasteiger partial charge >= 0.3 is 0 Å². The molecule has 4 bridgehead atoms. The fourth-order valence-corrected chi connectivity index (χ4v) is 6.14. The molecule has 1 amide bonds. The first kappa shape index (κ1) is 27.4. The van der Waals surface area contributed by atoms with Gasteiger partial charge in [0.2, 0.25) is 0 Å². The van der Waals surface area contributed by atoms with Crippen molar-refractivity contribution in [2.24, 2.45) is 11.7 Å². The Morgan fingerprint density at radius 1 is 1.10 bits per heavy atom. The molecule has 206 valence electrons. The largest absolute Gasteiger partial charge is 0.362 e. The molecule has 3 aromatic rings. The van der Waals surface area contributed by atoms with Gasteiger partial charge in [-0.2, -0.15) is 0 Å². The molecule has 39 heavy (non-hydrogen) atoms. The van der Waals surface area contributed by atoms with Crippen LogP contribution in [0.5, 0.6) is 0 Å². The fraction of sp³-hybridized carbons (Fsp3) is 0.467. The molecule has 2 aliphatic heterocycles. The molecule has 0 spiro atoms. The Labute approximate surface area is 235 Å². The van der Waals surface area contributed by atoms with Crippen LogP contribution in [0.2, 0.25) is 0 Å². The third-order valence-corrected chi connectivity index (χ3v) is 8.43. The maximum Gasteiger partial charge on any atom is 0.265 e. The summed E-state index contributed by atoms with van der Waals surface area (Å²) in [4.78, 5) is 30.5. The second kappa shape index (κ2) is 10.8. The van der Waals surface area contributed by atoms with E-state index in [0.29, 0.717) is 23.1 Å². The fourth-order valence-electron chi connectivity index (χ4n) is 5.55. The van der Waals surface area contributed by atoms with Crippen LogP contribution >= 0.6 is 11.9 Å². The zero-order chi connectivity index (χ0) is 27.8. The predicted molar refractivity (Wildman–Crippen MR) is 158 cm³/mol. The smallest absolute Gasteiger partial charge is 0.265 e. The summed E-state index contributed by atoms with van der Waals surface area (Å²) in [5.41, 5.74) is 9.10. The highest BCUT2D eigenvalue weighted by Crippen LogP contribution is 2.41. The lowest BCUT2D eigenvalue weighted by Crippen LogP contribution is -2.40. The first-order valence-corrected chi connectivity index (χ1v) is 14.5. The molecule has 1 fully saturated rings. The van der Waals surface area contributed by atoms with Crippen molar-refractivity contribution in [2.75, 3.05) is 16.8 Å². The molecule has 1 saturated heterocycles. The predicted octanol–water partition coefficient (Wildman–Crippen LogP) is 5.62. The number of carbonyl (C=O) groups is 1. The van der Waals surface area contributed by atoms with Crippen LogP contribution in [0, 0.1) is 5.92 Å². The first-order valence-electron chi connectivity index (χ1n) is 13.7. The molecule has 4 N–H and O–H groups in total. The van der Waals surface area contributed by atoms with E-state index in [-0.39, 0.29) is 22.9 Å². The Balaban J connectivity index is 1.54. The summed E-state index contributed by atoms with van der Waals surface area (Å²) in [5.74, 6) is 1.80. The molecule has 3 aromatic heterocycles. The molecule has 0 radical (unpaired) electrons. The minimum Gasteiger partial charge on any atom is -0.362 e. The molecule has 2 aliphatic rings. The minimum atomic E-state index is -0.167. The van der Waals surface area contributed by atoms with Crippen molar-refractivity contribution in [1.29, 1.82) is 0 Å². The number of rotatable bonds is 2. The highest BCUT2D eigenvalue weighted by molar-refractivity contribution is 7.97. The highest BCUT2D eigenvalue weighted by atomic mass is 32.2. The second-order valence-electron chi connectivity index (χ2n) is 12.3. The lowest BCUT2D eigenvalue weighted by Gasteiger charge is -2.34. The van der Waals surface area contributed by atoms with E-state index in [1.807, 2.05) is 42.6 Å². The van der Waals surface area contributed by atoms with Crippen molar-refractivity contribution in [3.63, 3.8) is 0 Å². The minimum absolute atomic E-state index is 0.000592. The summed E-state index contributed by atoms with van der Waals surface area (Å²) in [7, 11) is 0. The normalized spacial score (nSPS) is 21.3. The number of carbonyl (C=O) groups excluding carboxylic acids is 1. The lowest BCUT2D eigenvalue weighted by molar-refractivity contribution is 0.0984. The van der Waals surface area contributed by atoms with Gasteiger partial charge in [0, 0.05) is 47.9 Å². The van der Waals surface area contributed by atoms with Gasteiger partial charge in [0.25, 0.3) is 5.91 Å². The Morgan fingerprint density at radius 2 is 1.92 bits per heavy atom. The quantitative estimate of drug-likeness (QED) is 0.356.